The molecule has 0 saturated heterocycles. The Labute approximate surface area is 114 Å². The number of hydrogen-bond donors (Lipinski definition) is 1. The fraction of sp³-hybridized carbons (Fsp3) is 0.333. The molecule has 2 rings (SSSR count). The van der Waals surface area contributed by atoms with Gasteiger partial charge in [0, 0.05) is 18.8 Å². The number of hydrogen-bond acceptors (Lipinski definition) is 4. The van der Waals surface area contributed by atoms with E-state index in [9.17, 15) is 0 Å². The summed E-state index contributed by atoms with van der Waals surface area (Å²) < 4.78 is 0. The molecule has 100 valence electrons. The first-order valence-electron chi connectivity index (χ1n) is 6.68. The van der Waals surface area contributed by atoms with E-state index in [1.807, 2.05) is 19.2 Å². The van der Waals surface area contributed by atoms with Gasteiger partial charge in [0.1, 0.15) is 5.82 Å². The summed E-state index contributed by atoms with van der Waals surface area (Å²) in [5, 5.41) is 3.15. The molecule has 0 radical (unpaired) electrons. The van der Waals surface area contributed by atoms with E-state index in [1.165, 1.54) is 5.69 Å². The minimum Gasteiger partial charge on any atom is -0.369 e. The Morgan fingerprint density at radius 3 is 2.42 bits per heavy atom. The van der Waals surface area contributed by atoms with Crippen molar-refractivity contribution in [3.8, 4) is 0 Å². The van der Waals surface area contributed by atoms with E-state index in [4.69, 9.17) is 0 Å². The van der Waals surface area contributed by atoms with Crippen LogP contribution in [0.2, 0.25) is 0 Å². The van der Waals surface area contributed by atoms with Crippen molar-refractivity contribution in [2.45, 2.75) is 20.4 Å². The maximum absolute atomic E-state index is 4.44. The fourth-order valence-corrected chi connectivity index (χ4v) is 1.93. The number of nitrogens with one attached hydrogen (secondary N) is 1. The molecule has 2 aromatic rings. The minimum atomic E-state index is 0.778. The topological polar surface area (TPSA) is 41.1 Å². The van der Waals surface area contributed by atoms with E-state index >= 15 is 0 Å². The zero-order chi connectivity index (χ0) is 13.5. The quantitative estimate of drug-likeness (QED) is 0.862. The van der Waals surface area contributed by atoms with Gasteiger partial charge in [0.25, 0.3) is 0 Å². The van der Waals surface area contributed by atoms with Gasteiger partial charge in [0.2, 0.25) is 0 Å². The molecule has 0 saturated carbocycles. The van der Waals surface area contributed by atoms with Crippen LogP contribution in [0.25, 0.3) is 0 Å². The Kier molecular flexibility index (Phi) is 4.72. The van der Waals surface area contributed by atoms with Gasteiger partial charge in [-0.15, -0.1) is 0 Å². The molecule has 0 fully saturated rings. The summed E-state index contributed by atoms with van der Waals surface area (Å²) in [6.07, 6.45) is 3.63. The predicted octanol–water partition coefficient (Wildman–Crippen LogP) is 2.93. The third-order valence-electron chi connectivity index (χ3n) is 2.92. The first-order valence-corrected chi connectivity index (χ1v) is 6.68. The van der Waals surface area contributed by atoms with Crippen LogP contribution in [0.1, 0.15) is 19.5 Å². The van der Waals surface area contributed by atoms with Crippen molar-refractivity contribution in [1.29, 1.82) is 0 Å². The van der Waals surface area contributed by atoms with Crippen molar-refractivity contribution >= 4 is 11.5 Å². The van der Waals surface area contributed by atoms with Gasteiger partial charge in [0.05, 0.1) is 24.6 Å². The van der Waals surface area contributed by atoms with Gasteiger partial charge in [-0.2, -0.15) is 0 Å². The number of para-hydroxylation sites is 1. The molecule has 19 heavy (non-hydrogen) atoms. The molecule has 0 aliphatic heterocycles. The van der Waals surface area contributed by atoms with E-state index in [0.717, 1.165) is 31.1 Å². The first-order chi connectivity index (χ1) is 9.33. The third-order valence-corrected chi connectivity index (χ3v) is 2.92. The van der Waals surface area contributed by atoms with Crippen LogP contribution in [0.5, 0.6) is 0 Å². The Morgan fingerprint density at radius 2 is 1.84 bits per heavy atom. The minimum absolute atomic E-state index is 0.778. The summed E-state index contributed by atoms with van der Waals surface area (Å²) in [7, 11) is 0. The lowest BCUT2D eigenvalue weighted by Gasteiger charge is -2.22. The van der Waals surface area contributed by atoms with E-state index in [0.29, 0.717) is 0 Å². The molecule has 0 bridgehead atoms. The van der Waals surface area contributed by atoms with Gasteiger partial charge in [0.15, 0.2) is 0 Å². The second-order valence-corrected chi connectivity index (χ2v) is 4.27. The van der Waals surface area contributed by atoms with Crippen LogP contribution in [0.4, 0.5) is 11.5 Å². The van der Waals surface area contributed by atoms with Gasteiger partial charge < -0.3 is 10.2 Å². The highest BCUT2D eigenvalue weighted by molar-refractivity contribution is 5.46. The summed E-state index contributed by atoms with van der Waals surface area (Å²) in [5.74, 6) is 0.828. The van der Waals surface area contributed by atoms with Gasteiger partial charge >= 0.3 is 0 Å². The van der Waals surface area contributed by atoms with Crippen molar-refractivity contribution in [3.63, 3.8) is 0 Å². The van der Waals surface area contributed by atoms with Gasteiger partial charge in [-0.25, -0.2) is 4.98 Å². The summed E-state index contributed by atoms with van der Waals surface area (Å²) >= 11 is 0. The SMILES string of the molecule is CCNc1cnc(CN(CC)c2ccccc2)cn1. The van der Waals surface area contributed by atoms with Crippen LogP contribution in [-0.2, 0) is 6.54 Å². The Hall–Kier alpha value is -2.10. The fourth-order valence-electron chi connectivity index (χ4n) is 1.93. The van der Waals surface area contributed by atoms with Crippen LogP contribution in [0, 0.1) is 0 Å². The standard InChI is InChI=1S/C15H20N4/c1-3-16-15-11-17-13(10-18-15)12-19(4-2)14-8-6-5-7-9-14/h5-11H,3-4,12H2,1-2H3,(H,16,18). The highest BCUT2D eigenvalue weighted by atomic mass is 15.1. The summed E-state index contributed by atoms with van der Waals surface area (Å²) in [6.45, 7) is 6.77. The summed E-state index contributed by atoms with van der Waals surface area (Å²) in [6, 6.07) is 10.4. The molecular formula is C15H20N4. The van der Waals surface area contributed by atoms with Crippen LogP contribution in [-0.4, -0.2) is 23.1 Å². The molecule has 0 unspecified atom stereocenters. The van der Waals surface area contributed by atoms with Crippen LogP contribution in [0.3, 0.4) is 0 Å². The second kappa shape index (κ2) is 6.73. The largest absolute Gasteiger partial charge is 0.369 e. The molecular weight excluding hydrogens is 236 g/mol. The summed E-state index contributed by atoms with van der Waals surface area (Å²) in [5.41, 5.74) is 2.19. The number of rotatable bonds is 6. The number of aromatic nitrogens is 2. The molecule has 1 heterocycles. The van der Waals surface area contributed by atoms with E-state index in [1.54, 1.807) is 6.20 Å². The third kappa shape index (κ3) is 3.68. The maximum Gasteiger partial charge on any atom is 0.144 e. The van der Waals surface area contributed by atoms with Crippen molar-refractivity contribution in [3.05, 3.63) is 48.4 Å². The molecule has 0 aliphatic carbocycles. The molecule has 0 aliphatic rings. The summed E-state index contributed by atoms with van der Waals surface area (Å²) in [4.78, 5) is 11.1. The second-order valence-electron chi connectivity index (χ2n) is 4.27. The molecule has 4 heteroatoms. The van der Waals surface area contributed by atoms with Crippen LogP contribution < -0.4 is 10.2 Å². The lowest BCUT2D eigenvalue weighted by Crippen LogP contribution is -2.22. The van der Waals surface area contributed by atoms with Crippen molar-refractivity contribution < 1.29 is 0 Å². The molecule has 0 atom stereocenters. The Bertz CT molecular complexity index is 481. The predicted molar refractivity (Wildman–Crippen MR) is 79.4 cm³/mol. The maximum atomic E-state index is 4.44. The lowest BCUT2D eigenvalue weighted by molar-refractivity contribution is 0.804. The number of nitrogens with zero attached hydrogens (tertiary/aromatic N) is 3. The molecule has 1 aromatic heterocycles. The average Bonchev–Trinajstić information content (AvgIpc) is 2.48. The lowest BCUT2D eigenvalue weighted by atomic mass is 10.2. The zero-order valence-corrected chi connectivity index (χ0v) is 11.5. The molecule has 4 nitrogen and oxygen atoms in total. The van der Waals surface area contributed by atoms with Crippen molar-refractivity contribution in [2.75, 3.05) is 23.3 Å². The van der Waals surface area contributed by atoms with E-state index in [-0.39, 0.29) is 0 Å². The van der Waals surface area contributed by atoms with Crippen LogP contribution in [0.15, 0.2) is 42.7 Å². The average molecular weight is 256 g/mol. The van der Waals surface area contributed by atoms with Gasteiger partial charge in [-0.1, -0.05) is 18.2 Å². The highest BCUT2D eigenvalue weighted by Crippen LogP contribution is 2.15. The molecule has 0 spiro atoms. The van der Waals surface area contributed by atoms with Crippen molar-refractivity contribution in [2.24, 2.45) is 0 Å². The first kappa shape index (κ1) is 13.3. The smallest absolute Gasteiger partial charge is 0.144 e. The monoisotopic (exact) mass is 256 g/mol. The zero-order valence-electron chi connectivity index (χ0n) is 11.5. The van der Waals surface area contributed by atoms with E-state index < -0.39 is 0 Å². The number of benzene rings is 1. The van der Waals surface area contributed by atoms with Gasteiger partial charge in [-0.05, 0) is 26.0 Å². The molecule has 0 amide bonds. The normalized spacial score (nSPS) is 10.2. The Balaban J connectivity index is 2.06. The van der Waals surface area contributed by atoms with Crippen molar-refractivity contribution in [1.82, 2.24) is 9.97 Å². The molecule has 1 aromatic carbocycles. The van der Waals surface area contributed by atoms with E-state index in [2.05, 4.69) is 51.4 Å². The highest BCUT2D eigenvalue weighted by Gasteiger charge is 2.06. The molecule has 1 N–H and O–H groups in total. The number of anilines is 2. The van der Waals surface area contributed by atoms with Crippen LogP contribution >= 0.6 is 0 Å². The van der Waals surface area contributed by atoms with Gasteiger partial charge in [-0.3, -0.25) is 4.98 Å². The Morgan fingerprint density at radius 1 is 1.05 bits per heavy atom.